The average Bonchev–Trinajstić information content (AvgIpc) is 3.29. The molecule has 0 amide bonds. The Labute approximate surface area is 199 Å². The molecule has 4 rings (SSSR count). The second-order valence-corrected chi connectivity index (χ2v) is 9.09. The molecule has 2 aromatic rings. The Balaban J connectivity index is 1.20. The van der Waals surface area contributed by atoms with Crippen LogP contribution in [0.15, 0.2) is 64.9 Å². The van der Waals surface area contributed by atoms with Crippen molar-refractivity contribution in [2.24, 2.45) is 10.3 Å². The lowest BCUT2D eigenvalue weighted by atomic mass is 9.84. The minimum Gasteiger partial charge on any atom is -0.480 e. The lowest BCUT2D eigenvalue weighted by molar-refractivity contribution is -0.140. The molecule has 1 fully saturated rings. The van der Waals surface area contributed by atoms with Gasteiger partial charge in [0.2, 0.25) is 0 Å². The van der Waals surface area contributed by atoms with Crippen molar-refractivity contribution in [3.8, 4) is 0 Å². The van der Waals surface area contributed by atoms with Crippen LogP contribution in [0.2, 0.25) is 0 Å². The molecule has 3 N–H and O–H groups in total. The molecule has 2 heterocycles. The third kappa shape index (κ3) is 6.88. The van der Waals surface area contributed by atoms with Gasteiger partial charge >= 0.3 is 5.97 Å². The van der Waals surface area contributed by atoms with Crippen LogP contribution < -0.4 is 5.43 Å². The SMILES string of the molecule is O=C(O)CN1CCC(O)(CC2CC(c3ccc(C=NNCCc4ccccc4)cc3)=NO2)CC1. The molecule has 8 nitrogen and oxygen atoms in total. The molecule has 1 unspecified atom stereocenters. The Morgan fingerprint density at radius 1 is 1.18 bits per heavy atom. The molecule has 0 bridgehead atoms. The summed E-state index contributed by atoms with van der Waals surface area (Å²) in [6.07, 6.45) is 4.80. The Kier molecular flexibility index (Phi) is 7.92. The molecule has 34 heavy (non-hydrogen) atoms. The van der Waals surface area contributed by atoms with Gasteiger partial charge in [0.25, 0.3) is 0 Å². The summed E-state index contributed by atoms with van der Waals surface area (Å²) in [6.45, 7) is 1.95. The van der Waals surface area contributed by atoms with E-state index in [1.807, 2.05) is 47.4 Å². The molecule has 8 heteroatoms. The third-order valence-electron chi connectivity index (χ3n) is 6.40. The molecule has 2 aliphatic rings. The van der Waals surface area contributed by atoms with Crippen LogP contribution in [0, 0.1) is 0 Å². The van der Waals surface area contributed by atoms with Crippen molar-refractivity contribution in [3.05, 3.63) is 71.3 Å². The zero-order chi connectivity index (χ0) is 23.8. The van der Waals surface area contributed by atoms with E-state index in [4.69, 9.17) is 9.94 Å². The van der Waals surface area contributed by atoms with E-state index in [-0.39, 0.29) is 12.6 Å². The summed E-state index contributed by atoms with van der Waals surface area (Å²) in [5.74, 6) is -0.834. The molecular formula is C26H32N4O4. The van der Waals surface area contributed by atoms with Gasteiger partial charge in [-0.25, -0.2) is 0 Å². The van der Waals surface area contributed by atoms with Crippen molar-refractivity contribution in [1.29, 1.82) is 0 Å². The summed E-state index contributed by atoms with van der Waals surface area (Å²) in [4.78, 5) is 18.4. The van der Waals surface area contributed by atoms with E-state index in [1.165, 1.54) is 5.56 Å². The number of nitrogens with zero attached hydrogens (tertiary/aromatic N) is 3. The fraction of sp³-hybridized carbons (Fsp3) is 0.423. The first-order chi connectivity index (χ1) is 16.5. The topological polar surface area (TPSA) is 107 Å². The number of hydrogen-bond acceptors (Lipinski definition) is 7. The van der Waals surface area contributed by atoms with Crippen molar-refractivity contribution in [2.75, 3.05) is 26.2 Å². The summed E-state index contributed by atoms with van der Waals surface area (Å²) in [6, 6.07) is 18.3. The minimum atomic E-state index is -0.835. The molecule has 180 valence electrons. The van der Waals surface area contributed by atoms with Crippen LogP contribution in [-0.4, -0.2) is 70.9 Å². The van der Waals surface area contributed by atoms with Crippen LogP contribution in [0.5, 0.6) is 0 Å². The highest BCUT2D eigenvalue weighted by Gasteiger charge is 2.37. The maximum atomic E-state index is 10.9. The van der Waals surface area contributed by atoms with Gasteiger partial charge < -0.3 is 20.5 Å². The standard InChI is InChI=1S/C26H32N4O4/c31-25(32)19-30-14-11-26(33,12-15-30)17-23-16-24(29-34-23)22-8-6-21(7-9-22)18-28-27-13-10-20-4-2-1-3-5-20/h1-9,18,23,27,33H,10-17,19H2,(H,31,32). The molecule has 0 saturated carbocycles. The van der Waals surface area contributed by atoms with Gasteiger partial charge in [0.15, 0.2) is 0 Å². The van der Waals surface area contributed by atoms with Gasteiger partial charge in [-0.3, -0.25) is 9.69 Å². The predicted octanol–water partition coefficient (Wildman–Crippen LogP) is 2.65. The molecule has 2 aliphatic heterocycles. The highest BCUT2D eigenvalue weighted by Crippen LogP contribution is 2.31. The highest BCUT2D eigenvalue weighted by atomic mass is 16.6. The summed E-state index contributed by atoms with van der Waals surface area (Å²) in [5.41, 5.74) is 6.40. The normalized spacial score (nSPS) is 20.1. The van der Waals surface area contributed by atoms with E-state index >= 15 is 0 Å². The summed E-state index contributed by atoms with van der Waals surface area (Å²) < 4.78 is 0. The number of hydrazone groups is 1. The van der Waals surface area contributed by atoms with Crippen LogP contribution in [0.3, 0.4) is 0 Å². The number of piperidine rings is 1. The fourth-order valence-corrected chi connectivity index (χ4v) is 4.45. The summed E-state index contributed by atoms with van der Waals surface area (Å²) >= 11 is 0. The van der Waals surface area contributed by atoms with Crippen LogP contribution in [0.25, 0.3) is 0 Å². The second-order valence-electron chi connectivity index (χ2n) is 9.09. The number of rotatable bonds is 10. The maximum Gasteiger partial charge on any atom is 0.317 e. The number of carbonyl (C=O) groups is 1. The Bertz CT molecular complexity index is 999. The van der Waals surface area contributed by atoms with Crippen molar-refractivity contribution in [1.82, 2.24) is 10.3 Å². The Hall–Kier alpha value is -3.23. The number of aliphatic hydroxyl groups is 1. The van der Waals surface area contributed by atoms with Gasteiger partial charge in [0, 0.05) is 32.5 Å². The molecule has 1 atom stereocenters. The van der Waals surface area contributed by atoms with E-state index in [0.717, 1.165) is 29.8 Å². The predicted molar refractivity (Wildman–Crippen MR) is 131 cm³/mol. The fourth-order valence-electron chi connectivity index (χ4n) is 4.45. The largest absolute Gasteiger partial charge is 0.480 e. The van der Waals surface area contributed by atoms with Gasteiger partial charge in [-0.15, -0.1) is 0 Å². The first kappa shape index (κ1) is 23.9. The van der Waals surface area contributed by atoms with Crippen LogP contribution in [-0.2, 0) is 16.1 Å². The van der Waals surface area contributed by atoms with Crippen LogP contribution in [0.4, 0.5) is 0 Å². The minimum absolute atomic E-state index is 0.0215. The van der Waals surface area contributed by atoms with E-state index in [1.54, 1.807) is 6.21 Å². The number of carboxylic acid groups (broad SMARTS) is 1. The van der Waals surface area contributed by atoms with E-state index in [2.05, 4.69) is 27.8 Å². The first-order valence-electron chi connectivity index (χ1n) is 11.8. The van der Waals surface area contributed by atoms with Gasteiger partial charge in [0.05, 0.1) is 24.1 Å². The number of likely N-dealkylation sites (tertiary alicyclic amines) is 1. The molecule has 0 aromatic heterocycles. The van der Waals surface area contributed by atoms with E-state index in [9.17, 15) is 9.90 Å². The Morgan fingerprint density at radius 3 is 2.62 bits per heavy atom. The van der Waals surface area contributed by atoms with Crippen molar-refractivity contribution in [3.63, 3.8) is 0 Å². The van der Waals surface area contributed by atoms with Crippen molar-refractivity contribution in [2.45, 2.75) is 43.8 Å². The van der Waals surface area contributed by atoms with Crippen LogP contribution >= 0.6 is 0 Å². The number of carboxylic acids is 1. The third-order valence-corrected chi connectivity index (χ3v) is 6.40. The number of benzene rings is 2. The highest BCUT2D eigenvalue weighted by molar-refractivity contribution is 6.01. The van der Waals surface area contributed by atoms with E-state index < -0.39 is 11.6 Å². The van der Waals surface area contributed by atoms with Crippen LogP contribution in [0.1, 0.15) is 42.4 Å². The van der Waals surface area contributed by atoms with Gasteiger partial charge in [-0.2, -0.15) is 5.10 Å². The van der Waals surface area contributed by atoms with Crippen molar-refractivity contribution < 1.29 is 19.8 Å². The lowest BCUT2D eigenvalue weighted by Crippen LogP contribution is -2.47. The Morgan fingerprint density at radius 2 is 1.91 bits per heavy atom. The molecule has 2 aromatic carbocycles. The van der Waals surface area contributed by atoms with Gasteiger partial charge in [-0.1, -0.05) is 59.8 Å². The zero-order valence-corrected chi connectivity index (χ0v) is 19.3. The van der Waals surface area contributed by atoms with Gasteiger partial charge in [0.1, 0.15) is 6.10 Å². The monoisotopic (exact) mass is 464 g/mol. The number of nitrogens with one attached hydrogen (secondary N) is 1. The van der Waals surface area contributed by atoms with Gasteiger partial charge in [-0.05, 0) is 36.0 Å². The number of hydrogen-bond donors (Lipinski definition) is 3. The second kappa shape index (κ2) is 11.3. The number of oxime groups is 1. The molecule has 0 radical (unpaired) electrons. The smallest absolute Gasteiger partial charge is 0.317 e. The first-order valence-corrected chi connectivity index (χ1v) is 11.8. The molecule has 1 saturated heterocycles. The average molecular weight is 465 g/mol. The molecular weight excluding hydrogens is 432 g/mol. The van der Waals surface area contributed by atoms with Crippen molar-refractivity contribution >= 4 is 17.9 Å². The summed E-state index contributed by atoms with van der Waals surface area (Å²) in [7, 11) is 0. The quantitative estimate of drug-likeness (QED) is 0.284. The lowest BCUT2D eigenvalue weighted by Gasteiger charge is -2.38. The summed E-state index contributed by atoms with van der Waals surface area (Å²) in [5, 5.41) is 28.4. The zero-order valence-electron chi connectivity index (χ0n) is 19.3. The van der Waals surface area contributed by atoms with E-state index in [0.29, 0.717) is 38.8 Å². The maximum absolute atomic E-state index is 10.9. The molecule has 0 aliphatic carbocycles. The molecule has 0 spiro atoms. The number of aliphatic carboxylic acids is 1.